The molecule has 1 aliphatic heterocycles. The van der Waals surface area contributed by atoms with Crippen LogP contribution in [0.3, 0.4) is 0 Å². The maximum atomic E-state index is 11.7. The summed E-state index contributed by atoms with van der Waals surface area (Å²) in [7, 11) is 0. The first-order valence-corrected chi connectivity index (χ1v) is 5.23. The van der Waals surface area contributed by atoms with Gasteiger partial charge in [-0.15, -0.1) is 0 Å². The average Bonchev–Trinajstić information content (AvgIpc) is 2.38. The fourth-order valence-corrected chi connectivity index (χ4v) is 1.80. The van der Waals surface area contributed by atoms with E-state index in [1.807, 2.05) is 13.8 Å². The van der Waals surface area contributed by atoms with Crippen LogP contribution in [0, 0.1) is 5.92 Å². The van der Waals surface area contributed by atoms with Crippen LogP contribution in [0.4, 0.5) is 0 Å². The Morgan fingerprint density at radius 3 is 2.33 bits per heavy atom. The molecule has 2 amide bonds. The van der Waals surface area contributed by atoms with Gasteiger partial charge in [0.1, 0.15) is 0 Å². The molecule has 1 rings (SSSR count). The number of nitrogens with zero attached hydrogens (tertiary/aromatic N) is 1. The molecule has 0 fully saturated rings. The van der Waals surface area contributed by atoms with E-state index in [1.165, 1.54) is 11.0 Å². The van der Waals surface area contributed by atoms with Gasteiger partial charge in [-0.2, -0.15) is 0 Å². The van der Waals surface area contributed by atoms with Crippen molar-refractivity contribution in [2.75, 3.05) is 6.54 Å². The molecule has 0 aliphatic carbocycles. The molecule has 0 spiro atoms. The smallest absolute Gasteiger partial charge is 0.256 e. The molecule has 0 radical (unpaired) electrons. The van der Waals surface area contributed by atoms with Gasteiger partial charge in [-0.05, 0) is 19.3 Å². The zero-order chi connectivity index (χ0) is 11.6. The van der Waals surface area contributed by atoms with Crippen LogP contribution in [0.5, 0.6) is 0 Å². The number of hydrogen-bond donors (Lipinski definition) is 1. The molecule has 0 bridgehead atoms. The summed E-state index contributed by atoms with van der Waals surface area (Å²) in [6.07, 6.45) is 2.14. The third-order valence-electron chi connectivity index (χ3n) is 2.51. The van der Waals surface area contributed by atoms with Gasteiger partial charge in [0.05, 0.1) is 6.04 Å². The summed E-state index contributed by atoms with van der Waals surface area (Å²) < 4.78 is 0. The molecule has 0 aromatic rings. The van der Waals surface area contributed by atoms with Crippen molar-refractivity contribution < 1.29 is 9.59 Å². The number of hydrogen-bond acceptors (Lipinski definition) is 3. The Balaban J connectivity index is 2.78. The number of imide groups is 1. The van der Waals surface area contributed by atoms with Crippen molar-refractivity contribution in [3.63, 3.8) is 0 Å². The van der Waals surface area contributed by atoms with Crippen LogP contribution >= 0.6 is 0 Å². The first kappa shape index (κ1) is 11.9. The largest absolute Gasteiger partial charge is 0.328 e. The van der Waals surface area contributed by atoms with Gasteiger partial charge in [-0.1, -0.05) is 13.8 Å². The van der Waals surface area contributed by atoms with Crippen LogP contribution in [0.1, 0.15) is 27.2 Å². The number of nitrogens with two attached hydrogens (primary N) is 1. The Hall–Kier alpha value is -1.16. The third-order valence-corrected chi connectivity index (χ3v) is 2.51. The van der Waals surface area contributed by atoms with E-state index >= 15 is 0 Å². The molecule has 1 unspecified atom stereocenters. The van der Waals surface area contributed by atoms with Gasteiger partial charge in [-0.3, -0.25) is 14.5 Å². The summed E-state index contributed by atoms with van der Waals surface area (Å²) in [5, 5.41) is 0. The maximum absolute atomic E-state index is 11.7. The summed E-state index contributed by atoms with van der Waals surface area (Å²) in [5.41, 5.74) is 6.10. The topological polar surface area (TPSA) is 63.4 Å². The highest BCUT2D eigenvalue weighted by atomic mass is 16.2. The second-order valence-corrected chi connectivity index (χ2v) is 4.36. The van der Waals surface area contributed by atoms with Crippen LogP contribution in [0.2, 0.25) is 0 Å². The monoisotopic (exact) mass is 210 g/mol. The van der Waals surface area contributed by atoms with E-state index in [1.54, 1.807) is 6.92 Å². The number of amides is 2. The summed E-state index contributed by atoms with van der Waals surface area (Å²) in [6.45, 7) is 6.09. The summed E-state index contributed by atoms with van der Waals surface area (Å²) in [4.78, 5) is 24.5. The van der Waals surface area contributed by atoms with Crippen molar-refractivity contribution in [2.24, 2.45) is 11.7 Å². The van der Waals surface area contributed by atoms with E-state index in [0.717, 1.165) is 6.42 Å². The Bertz CT molecular complexity index is 308. The van der Waals surface area contributed by atoms with E-state index in [-0.39, 0.29) is 17.9 Å². The van der Waals surface area contributed by atoms with Gasteiger partial charge in [-0.25, -0.2) is 0 Å². The minimum Gasteiger partial charge on any atom is -0.328 e. The SMILES string of the molecule is CC1=CC(=O)N(C(CN)CC(C)C)C1=O. The number of carbonyl (C=O) groups is 2. The van der Waals surface area contributed by atoms with E-state index in [2.05, 4.69) is 0 Å². The fourth-order valence-electron chi connectivity index (χ4n) is 1.80. The lowest BCUT2D eigenvalue weighted by Gasteiger charge is -2.26. The van der Waals surface area contributed by atoms with E-state index < -0.39 is 0 Å². The molecule has 0 aromatic heterocycles. The Morgan fingerprint density at radius 1 is 1.40 bits per heavy atom. The average molecular weight is 210 g/mol. The summed E-state index contributed by atoms with van der Waals surface area (Å²) in [5.74, 6) is -0.00949. The molecule has 15 heavy (non-hydrogen) atoms. The molecule has 0 saturated heterocycles. The molecule has 84 valence electrons. The standard InChI is InChI=1S/C11H18N2O2/c1-7(2)4-9(6-12)13-10(14)5-8(3)11(13)15/h5,7,9H,4,6,12H2,1-3H3. The molecular formula is C11H18N2O2. The van der Waals surface area contributed by atoms with Gasteiger partial charge in [0.2, 0.25) is 0 Å². The minimum atomic E-state index is -0.228. The van der Waals surface area contributed by atoms with Crippen molar-refractivity contribution in [1.29, 1.82) is 0 Å². The first-order valence-electron chi connectivity index (χ1n) is 5.23. The predicted octanol–water partition coefficient (Wildman–Crippen LogP) is 0.675. The normalized spacial score (nSPS) is 18.7. The van der Waals surface area contributed by atoms with Crippen molar-refractivity contribution >= 4 is 11.8 Å². The van der Waals surface area contributed by atoms with E-state index in [0.29, 0.717) is 18.0 Å². The third kappa shape index (κ3) is 2.45. The summed E-state index contributed by atoms with van der Waals surface area (Å²) >= 11 is 0. The molecule has 2 N–H and O–H groups in total. The van der Waals surface area contributed by atoms with Gasteiger partial charge in [0.25, 0.3) is 11.8 Å². The van der Waals surface area contributed by atoms with Gasteiger partial charge >= 0.3 is 0 Å². The van der Waals surface area contributed by atoms with Crippen LogP contribution in [0.25, 0.3) is 0 Å². The van der Waals surface area contributed by atoms with Gasteiger partial charge < -0.3 is 5.73 Å². The second kappa shape index (κ2) is 4.57. The first-order chi connectivity index (χ1) is 6.97. The molecular weight excluding hydrogens is 192 g/mol. The van der Waals surface area contributed by atoms with Crippen LogP contribution in [-0.2, 0) is 9.59 Å². The zero-order valence-electron chi connectivity index (χ0n) is 9.49. The van der Waals surface area contributed by atoms with Crippen LogP contribution in [-0.4, -0.2) is 29.3 Å². The zero-order valence-corrected chi connectivity index (χ0v) is 9.49. The molecule has 0 aromatic carbocycles. The number of carbonyl (C=O) groups excluding carboxylic acids is 2. The molecule has 1 aliphatic rings. The van der Waals surface area contributed by atoms with Crippen molar-refractivity contribution in [3.05, 3.63) is 11.6 Å². The number of rotatable bonds is 4. The molecule has 4 nitrogen and oxygen atoms in total. The van der Waals surface area contributed by atoms with Crippen molar-refractivity contribution in [3.8, 4) is 0 Å². The quantitative estimate of drug-likeness (QED) is 0.694. The molecule has 1 atom stereocenters. The summed E-state index contributed by atoms with van der Waals surface area (Å²) in [6, 6.07) is -0.168. The second-order valence-electron chi connectivity index (χ2n) is 4.36. The Morgan fingerprint density at radius 2 is 2.00 bits per heavy atom. The van der Waals surface area contributed by atoms with Crippen molar-refractivity contribution in [1.82, 2.24) is 4.90 Å². The lowest BCUT2D eigenvalue weighted by molar-refractivity contribution is -0.140. The highest BCUT2D eigenvalue weighted by Gasteiger charge is 2.33. The molecule has 1 heterocycles. The lowest BCUT2D eigenvalue weighted by atomic mass is 10.0. The highest BCUT2D eigenvalue weighted by Crippen LogP contribution is 2.19. The Kier molecular flexibility index (Phi) is 3.63. The Labute approximate surface area is 90.1 Å². The minimum absolute atomic E-state index is 0.168. The molecule has 0 saturated carbocycles. The lowest BCUT2D eigenvalue weighted by Crippen LogP contribution is -2.45. The van der Waals surface area contributed by atoms with Crippen LogP contribution in [0.15, 0.2) is 11.6 Å². The van der Waals surface area contributed by atoms with Crippen LogP contribution < -0.4 is 5.73 Å². The van der Waals surface area contributed by atoms with Gasteiger partial charge in [0.15, 0.2) is 0 Å². The predicted molar refractivity (Wildman–Crippen MR) is 57.9 cm³/mol. The van der Waals surface area contributed by atoms with Gasteiger partial charge in [0, 0.05) is 18.2 Å². The highest BCUT2D eigenvalue weighted by molar-refractivity contribution is 6.16. The maximum Gasteiger partial charge on any atom is 0.256 e. The fraction of sp³-hybridized carbons (Fsp3) is 0.636. The van der Waals surface area contributed by atoms with Crippen molar-refractivity contribution in [2.45, 2.75) is 33.2 Å². The van der Waals surface area contributed by atoms with E-state index in [4.69, 9.17) is 5.73 Å². The molecule has 4 heteroatoms. The van der Waals surface area contributed by atoms with E-state index in [9.17, 15) is 9.59 Å².